The lowest BCUT2D eigenvalue weighted by Gasteiger charge is -2.09. The largest absolute Gasteiger partial charge is 0.382 e. The van der Waals surface area contributed by atoms with E-state index in [0.717, 1.165) is 0 Å². The van der Waals surface area contributed by atoms with Gasteiger partial charge in [-0.2, -0.15) is 4.99 Å². The molecule has 0 bridgehead atoms. The number of halogens is 2. The first-order valence-corrected chi connectivity index (χ1v) is 7.20. The lowest BCUT2D eigenvalue weighted by atomic mass is 10.1. The maximum absolute atomic E-state index is 13.5. The van der Waals surface area contributed by atoms with Crippen molar-refractivity contribution >= 4 is 35.1 Å². The maximum Gasteiger partial charge on any atom is 0.302 e. The quantitative estimate of drug-likeness (QED) is 0.462. The number of rotatable bonds is 5. The van der Waals surface area contributed by atoms with Crippen molar-refractivity contribution in [3.8, 4) is 0 Å². The van der Waals surface area contributed by atoms with Crippen LogP contribution in [0, 0.1) is 5.82 Å². The summed E-state index contributed by atoms with van der Waals surface area (Å²) in [6.07, 6.45) is 0.402. The van der Waals surface area contributed by atoms with Crippen LogP contribution in [0.5, 0.6) is 0 Å². The second kappa shape index (κ2) is 7.55. The van der Waals surface area contributed by atoms with Crippen LogP contribution in [0.1, 0.15) is 16.1 Å². The van der Waals surface area contributed by atoms with Crippen LogP contribution >= 0.6 is 11.6 Å². The molecular formula is C14H15ClFN7O. The number of carbonyl (C=O) groups excluding carboxylic acids is 1. The molecule has 0 unspecified atom stereocenters. The van der Waals surface area contributed by atoms with Gasteiger partial charge in [-0.05, 0) is 18.1 Å². The molecule has 1 heterocycles. The van der Waals surface area contributed by atoms with Gasteiger partial charge < -0.3 is 22.5 Å². The van der Waals surface area contributed by atoms with Gasteiger partial charge in [0.15, 0.2) is 28.4 Å². The molecule has 2 aromatic rings. The number of aromatic nitrogens is 2. The number of nitrogen functional groups attached to an aromatic ring is 1. The third kappa shape index (κ3) is 4.29. The molecule has 1 aromatic carbocycles. The smallest absolute Gasteiger partial charge is 0.302 e. The average molecular weight is 352 g/mol. The zero-order valence-electron chi connectivity index (χ0n) is 12.5. The Morgan fingerprint density at radius 2 is 2.00 bits per heavy atom. The van der Waals surface area contributed by atoms with E-state index in [1.54, 1.807) is 18.2 Å². The van der Waals surface area contributed by atoms with Gasteiger partial charge >= 0.3 is 5.91 Å². The summed E-state index contributed by atoms with van der Waals surface area (Å²) in [6, 6.07) is 6.41. The van der Waals surface area contributed by atoms with Crippen molar-refractivity contribution in [3.63, 3.8) is 0 Å². The van der Waals surface area contributed by atoms with Gasteiger partial charge in [0.2, 0.25) is 0 Å². The van der Waals surface area contributed by atoms with E-state index in [1.807, 2.05) is 0 Å². The molecule has 0 radical (unpaired) electrons. The molecule has 0 aliphatic heterocycles. The highest BCUT2D eigenvalue weighted by Crippen LogP contribution is 2.21. The molecule has 10 heteroatoms. The monoisotopic (exact) mass is 351 g/mol. The van der Waals surface area contributed by atoms with Crippen molar-refractivity contribution in [2.24, 2.45) is 16.5 Å². The van der Waals surface area contributed by atoms with Crippen molar-refractivity contribution in [1.29, 1.82) is 0 Å². The molecule has 7 N–H and O–H groups in total. The Balaban J connectivity index is 2.09. The minimum atomic E-state index is -0.847. The summed E-state index contributed by atoms with van der Waals surface area (Å²) in [6.45, 7) is 0.343. The first-order valence-electron chi connectivity index (χ1n) is 6.82. The molecule has 1 aromatic heterocycles. The summed E-state index contributed by atoms with van der Waals surface area (Å²) in [4.78, 5) is 22.8. The van der Waals surface area contributed by atoms with Gasteiger partial charge in [-0.3, -0.25) is 4.79 Å². The molecule has 0 spiro atoms. The number of nitrogens with zero attached hydrogens (tertiary/aromatic N) is 3. The van der Waals surface area contributed by atoms with Crippen LogP contribution in [0.3, 0.4) is 0 Å². The number of hydrogen-bond acceptors (Lipinski definition) is 5. The number of nitrogens with two attached hydrogens (primary N) is 3. The summed E-state index contributed by atoms with van der Waals surface area (Å²) in [7, 11) is 0. The minimum absolute atomic E-state index is 0.0770. The number of amides is 1. The van der Waals surface area contributed by atoms with Gasteiger partial charge in [-0.25, -0.2) is 14.4 Å². The second-order valence-electron chi connectivity index (χ2n) is 4.71. The van der Waals surface area contributed by atoms with E-state index in [2.05, 4.69) is 20.3 Å². The van der Waals surface area contributed by atoms with E-state index < -0.39 is 11.9 Å². The van der Waals surface area contributed by atoms with Crippen LogP contribution < -0.4 is 22.5 Å². The highest BCUT2D eigenvalue weighted by Gasteiger charge is 2.16. The molecule has 24 heavy (non-hydrogen) atoms. The van der Waals surface area contributed by atoms with Crippen LogP contribution in [0.4, 0.5) is 16.0 Å². The standard InChI is InChI=1S/C14H15ClFN7O/c15-10-12(20-6-5-7-3-1-2-4-8(7)16)22-11(17)9(21-10)13(24)23-14(18)19/h1-4H,5-6H2,(H3,17,20,22)(H4,18,19,23,24). The summed E-state index contributed by atoms with van der Waals surface area (Å²) < 4.78 is 13.5. The van der Waals surface area contributed by atoms with Crippen molar-refractivity contribution < 1.29 is 9.18 Å². The first kappa shape index (κ1) is 17.4. The Morgan fingerprint density at radius 1 is 1.29 bits per heavy atom. The van der Waals surface area contributed by atoms with Crippen molar-refractivity contribution in [2.75, 3.05) is 17.6 Å². The summed E-state index contributed by atoms with van der Waals surface area (Å²) >= 11 is 5.97. The molecule has 0 aliphatic rings. The number of nitrogens with one attached hydrogen (secondary N) is 1. The topological polar surface area (TPSA) is 145 Å². The zero-order valence-corrected chi connectivity index (χ0v) is 13.2. The van der Waals surface area contributed by atoms with Crippen LogP contribution in [0.15, 0.2) is 29.3 Å². The normalized spacial score (nSPS) is 10.2. The second-order valence-corrected chi connectivity index (χ2v) is 5.06. The SMILES string of the molecule is NC(N)=NC(=O)c1nc(Cl)c(NCCc2ccccc2F)nc1N. The first-order chi connectivity index (χ1) is 11.4. The minimum Gasteiger partial charge on any atom is -0.382 e. The predicted molar refractivity (Wildman–Crippen MR) is 90.2 cm³/mol. The van der Waals surface area contributed by atoms with Gasteiger partial charge in [0, 0.05) is 6.54 Å². The Kier molecular flexibility index (Phi) is 5.48. The van der Waals surface area contributed by atoms with Crippen molar-refractivity contribution in [3.05, 3.63) is 46.5 Å². The third-order valence-electron chi connectivity index (χ3n) is 2.96. The highest BCUT2D eigenvalue weighted by molar-refractivity contribution is 6.32. The Hall–Kier alpha value is -2.94. The summed E-state index contributed by atoms with van der Waals surface area (Å²) in [5.41, 5.74) is 16.2. The average Bonchev–Trinajstić information content (AvgIpc) is 2.51. The van der Waals surface area contributed by atoms with Crippen LogP contribution in [0.25, 0.3) is 0 Å². The highest BCUT2D eigenvalue weighted by atomic mass is 35.5. The predicted octanol–water partition coefficient (Wildman–Crippen LogP) is 0.919. The van der Waals surface area contributed by atoms with Crippen LogP contribution in [-0.4, -0.2) is 28.4 Å². The molecule has 126 valence electrons. The molecule has 1 amide bonds. The number of benzene rings is 1. The molecule has 0 saturated carbocycles. The summed E-state index contributed by atoms with van der Waals surface area (Å²) in [5.74, 6) is -1.58. The maximum atomic E-state index is 13.5. The van der Waals surface area contributed by atoms with Gasteiger partial charge in [-0.1, -0.05) is 29.8 Å². The third-order valence-corrected chi connectivity index (χ3v) is 3.22. The molecule has 2 rings (SSSR count). The van der Waals surface area contributed by atoms with E-state index in [0.29, 0.717) is 18.5 Å². The number of aliphatic imine (C=N–C) groups is 1. The Labute approximate surface area is 141 Å². The van der Waals surface area contributed by atoms with E-state index in [1.165, 1.54) is 6.07 Å². The number of guanidine groups is 1. The van der Waals surface area contributed by atoms with E-state index in [-0.39, 0.29) is 28.3 Å². The lowest BCUT2D eigenvalue weighted by molar-refractivity contribution is 0.0998. The van der Waals surface area contributed by atoms with Crippen LogP contribution in [0.2, 0.25) is 5.15 Å². The van der Waals surface area contributed by atoms with Gasteiger partial charge in [0.25, 0.3) is 0 Å². The molecule has 0 atom stereocenters. The Morgan fingerprint density at radius 3 is 2.67 bits per heavy atom. The molecule has 0 fully saturated rings. The fourth-order valence-corrected chi connectivity index (χ4v) is 2.08. The summed E-state index contributed by atoms with van der Waals surface area (Å²) in [5, 5.41) is 2.81. The fraction of sp³-hybridized carbons (Fsp3) is 0.143. The van der Waals surface area contributed by atoms with E-state index >= 15 is 0 Å². The van der Waals surface area contributed by atoms with E-state index in [4.69, 9.17) is 28.8 Å². The van der Waals surface area contributed by atoms with Gasteiger partial charge in [0.1, 0.15) is 5.82 Å². The molecule has 0 saturated heterocycles. The van der Waals surface area contributed by atoms with Crippen LogP contribution in [-0.2, 0) is 6.42 Å². The zero-order chi connectivity index (χ0) is 17.7. The van der Waals surface area contributed by atoms with Crippen molar-refractivity contribution in [2.45, 2.75) is 6.42 Å². The molecular weight excluding hydrogens is 337 g/mol. The molecule has 0 aliphatic carbocycles. The number of hydrogen-bond donors (Lipinski definition) is 4. The lowest BCUT2D eigenvalue weighted by Crippen LogP contribution is -2.25. The van der Waals surface area contributed by atoms with Gasteiger partial charge in [0.05, 0.1) is 0 Å². The van der Waals surface area contributed by atoms with Crippen molar-refractivity contribution in [1.82, 2.24) is 9.97 Å². The van der Waals surface area contributed by atoms with E-state index in [9.17, 15) is 9.18 Å². The number of carbonyl (C=O) groups is 1. The van der Waals surface area contributed by atoms with Gasteiger partial charge in [-0.15, -0.1) is 0 Å². The fourth-order valence-electron chi connectivity index (χ4n) is 1.88. The molecule has 8 nitrogen and oxygen atoms in total. The number of anilines is 2. The Bertz CT molecular complexity index is 793.